The molecule has 1 aromatic heterocycles. The van der Waals surface area contributed by atoms with Gasteiger partial charge in [0.25, 0.3) is 0 Å². The smallest absolute Gasteiger partial charge is 0.117 e. The van der Waals surface area contributed by atoms with Crippen LogP contribution in [-0.4, -0.2) is 29.3 Å². The van der Waals surface area contributed by atoms with Crippen LogP contribution in [0.4, 0.5) is 0 Å². The van der Waals surface area contributed by atoms with E-state index in [1.54, 1.807) is 0 Å². The van der Waals surface area contributed by atoms with Crippen molar-refractivity contribution < 1.29 is 4.74 Å². The van der Waals surface area contributed by atoms with E-state index in [9.17, 15) is 0 Å². The summed E-state index contributed by atoms with van der Waals surface area (Å²) in [5, 5.41) is 0. The first-order valence-corrected chi connectivity index (χ1v) is 7.84. The fraction of sp³-hybridized carbons (Fsp3) is 0.588. The molecule has 0 aliphatic carbocycles. The van der Waals surface area contributed by atoms with Crippen LogP contribution in [0.15, 0.2) is 18.2 Å². The molecule has 0 saturated carbocycles. The summed E-state index contributed by atoms with van der Waals surface area (Å²) in [5.74, 6) is 1.14. The van der Waals surface area contributed by atoms with Gasteiger partial charge in [-0.2, -0.15) is 0 Å². The minimum Gasteiger partial charge on any atom is -0.381 e. The number of nitrogens with two attached hydrogens (primary N) is 1. The molecule has 2 aromatic rings. The highest BCUT2D eigenvalue weighted by atomic mass is 16.5. The van der Waals surface area contributed by atoms with E-state index in [0.29, 0.717) is 12.6 Å². The van der Waals surface area contributed by atoms with Gasteiger partial charge in [-0.25, -0.2) is 4.98 Å². The van der Waals surface area contributed by atoms with Crippen LogP contribution in [0.25, 0.3) is 11.0 Å². The number of benzene rings is 1. The maximum absolute atomic E-state index is 6.18. The SMILES string of the molecule is Cc1ccc2c(c1)nc(C1(CN)CCOCC1)n2C(C)C. The molecule has 2 N–H and O–H groups in total. The van der Waals surface area contributed by atoms with Gasteiger partial charge in [-0.1, -0.05) is 6.07 Å². The van der Waals surface area contributed by atoms with Crippen molar-refractivity contribution in [1.29, 1.82) is 0 Å². The molecule has 2 heterocycles. The highest BCUT2D eigenvalue weighted by Gasteiger charge is 2.38. The van der Waals surface area contributed by atoms with Crippen LogP contribution in [0.3, 0.4) is 0 Å². The second kappa shape index (κ2) is 5.43. The Labute approximate surface area is 126 Å². The number of rotatable bonds is 3. The molecule has 1 aliphatic rings. The van der Waals surface area contributed by atoms with E-state index in [1.807, 2.05) is 0 Å². The molecule has 0 unspecified atom stereocenters. The Morgan fingerprint density at radius 1 is 1.33 bits per heavy atom. The molecule has 1 aromatic carbocycles. The number of aromatic nitrogens is 2. The maximum atomic E-state index is 6.18. The lowest BCUT2D eigenvalue weighted by molar-refractivity contribution is 0.0485. The van der Waals surface area contributed by atoms with E-state index >= 15 is 0 Å². The van der Waals surface area contributed by atoms with Gasteiger partial charge in [-0.3, -0.25) is 0 Å². The summed E-state index contributed by atoms with van der Waals surface area (Å²) < 4.78 is 7.92. The standard InChI is InChI=1S/C17H25N3O/c1-12(2)20-15-5-4-13(3)10-14(15)19-16(20)17(11-18)6-8-21-9-7-17/h4-5,10,12H,6-9,11,18H2,1-3H3. The average molecular weight is 287 g/mol. The molecule has 21 heavy (non-hydrogen) atoms. The summed E-state index contributed by atoms with van der Waals surface area (Å²) in [6.45, 7) is 8.73. The van der Waals surface area contributed by atoms with Gasteiger partial charge in [0.2, 0.25) is 0 Å². The summed E-state index contributed by atoms with van der Waals surface area (Å²) in [7, 11) is 0. The molecule has 1 saturated heterocycles. The van der Waals surface area contributed by atoms with Gasteiger partial charge in [0.05, 0.1) is 11.0 Å². The van der Waals surface area contributed by atoms with Gasteiger partial charge in [0, 0.05) is 31.2 Å². The van der Waals surface area contributed by atoms with Crippen molar-refractivity contribution in [1.82, 2.24) is 9.55 Å². The number of hydrogen-bond donors (Lipinski definition) is 1. The van der Waals surface area contributed by atoms with Crippen molar-refractivity contribution in [2.45, 2.75) is 45.1 Å². The van der Waals surface area contributed by atoms with Crippen LogP contribution in [0.1, 0.15) is 44.1 Å². The average Bonchev–Trinajstić information content (AvgIpc) is 2.87. The normalized spacial score (nSPS) is 18.5. The highest BCUT2D eigenvalue weighted by Crippen LogP contribution is 2.36. The topological polar surface area (TPSA) is 53.1 Å². The second-order valence-electron chi connectivity index (χ2n) is 6.49. The summed E-state index contributed by atoms with van der Waals surface area (Å²) in [6.07, 6.45) is 1.91. The van der Waals surface area contributed by atoms with Crippen LogP contribution in [0.2, 0.25) is 0 Å². The van der Waals surface area contributed by atoms with Crippen LogP contribution in [0, 0.1) is 6.92 Å². The minimum atomic E-state index is -0.0462. The molecule has 4 heteroatoms. The van der Waals surface area contributed by atoms with Gasteiger partial charge < -0.3 is 15.0 Å². The van der Waals surface area contributed by atoms with Gasteiger partial charge >= 0.3 is 0 Å². The molecule has 0 radical (unpaired) electrons. The van der Waals surface area contributed by atoms with Crippen LogP contribution < -0.4 is 5.73 Å². The van der Waals surface area contributed by atoms with E-state index in [-0.39, 0.29) is 5.41 Å². The summed E-state index contributed by atoms with van der Waals surface area (Å²) in [4.78, 5) is 4.99. The lowest BCUT2D eigenvalue weighted by Gasteiger charge is -2.36. The van der Waals surface area contributed by atoms with Gasteiger partial charge in [0.1, 0.15) is 5.82 Å². The van der Waals surface area contributed by atoms with E-state index in [4.69, 9.17) is 15.5 Å². The van der Waals surface area contributed by atoms with Crippen LogP contribution in [-0.2, 0) is 10.2 Å². The number of imidazole rings is 1. The highest BCUT2D eigenvalue weighted by molar-refractivity contribution is 5.77. The van der Waals surface area contributed by atoms with Crippen molar-refractivity contribution >= 4 is 11.0 Å². The van der Waals surface area contributed by atoms with Crippen LogP contribution in [0.5, 0.6) is 0 Å². The lowest BCUT2D eigenvalue weighted by Crippen LogP contribution is -2.43. The van der Waals surface area contributed by atoms with Crippen LogP contribution >= 0.6 is 0 Å². The minimum absolute atomic E-state index is 0.0462. The van der Waals surface area contributed by atoms with E-state index < -0.39 is 0 Å². The Kier molecular flexibility index (Phi) is 3.76. The maximum Gasteiger partial charge on any atom is 0.117 e. The van der Waals surface area contributed by atoms with Crippen molar-refractivity contribution in [2.24, 2.45) is 5.73 Å². The van der Waals surface area contributed by atoms with Crippen molar-refractivity contribution in [3.05, 3.63) is 29.6 Å². The predicted molar refractivity (Wildman–Crippen MR) is 85.6 cm³/mol. The molecular weight excluding hydrogens is 262 g/mol. The number of hydrogen-bond acceptors (Lipinski definition) is 3. The first-order valence-electron chi connectivity index (χ1n) is 7.84. The largest absolute Gasteiger partial charge is 0.381 e. The number of ether oxygens (including phenoxy) is 1. The van der Waals surface area contributed by atoms with Crippen molar-refractivity contribution in [3.63, 3.8) is 0 Å². The molecule has 114 valence electrons. The van der Waals surface area contributed by atoms with E-state index in [1.165, 1.54) is 11.1 Å². The summed E-state index contributed by atoms with van der Waals surface area (Å²) >= 11 is 0. The third-order valence-corrected chi connectivity index (χ3v) is 4.68. The van der Waals surface area contributed by atoms with Gasteiger partial charge in [-0.05, 0) is 51.3 Å². The third-order valence-electron chi connectivity index (χ3n) is 4.68. The molecule has 3 rings (SSSR count). The number of fused-ring (bicyclic) bond motifs is 1. The van der Waals surface area contributed by atoms with Gasteiger partial charge in [0.15, 0.2) is 0 Å². The second-order valence-corrected chi connectivity index (χ2v) is 6.49. The molecule has 0 amide bonds. The number of aryl methyl sites for hydroxylation is 1. The Hall–Kier alpha value is -1.39. The Balaban J connectivity index is 2.22. The third kappa shape index (κ3) is 2.36. The van der Waals surface area contributed by atoms with Crippen molar-refractivity contribution in [2.75, 3.05) is 19.8 Å². The molecular formula is C17H25N3O. The van der Waals surface area contributed by atoms with Gasteiger partial charge in [-0.15, -0.1) is 0 Å². The predicted octanol–water partition coefficient (Wildman–Crippen LogP) is 2.93. The zero-order chi connectivity index (χ0) is 15.0. The molecule has 4 nitrogen and oxygen atoms in total. The number of nitrogens with zero attached hydrogens (tertiary/aromatic N) is 2. The Morgan fingerprint density at radius 3 is 2.67 bits per heavy atom. The molecule has 1 fully saturated rings. The monoisotopic (exact) mass is 287 g/mol. The fourth-order valence-corrected chi connectivity index (χ4v) is 3.39. The molecule has 1 aliphatic heterocycles. The summed E-state index contributed by atoms with van der Waals surface area (Å²) in [6, 6.07) is 6.89. The quantitative estimate of drug-likeness (QED) is 0.944. The first kappa shape index (κ1) is 14.5. The fourth-order valence-electron chi connectivity index (χ4n) is 3.39. The molecule has 0 bridgehead atoms. The molecule has 0 atom stereocenters. The summed E-state index contributed by atoms with van der Waals surface area (Å²) in [5.41, 5.74) is 9.68. The van der Waals surface area contributed by atoms with E-state index in [2.05, 4.69) is 43.5 Å². The first-order chi connectivity index (χ1) is 10.1. The Bertz CT molecular complexity index is 639. The van der Waals surface area contributed by atoms with E-state index in [0.717, 1.165) is 37.4 Å². The zero-order valence-electron chi connectivity index (χ0n) is 13.2. The Morgan fingerprint density at radius 2 is 2.05 bits per heavy atom. The zero-order valence-corrected chi connectivity index (χ0v) is 13.2. The van der Waals surface area contributed by atoms with Crippen molar-refractivity contribution in [3.8, 4) is 0 Å². The lowest BCUT2D eigenvalue weighted by atomic mass is 9.79. The molecule has 0 spiro atoms.